The predicted molar refractivity (Wildman–Crippen MR) is 106 cm³/mol. The van der Waals surface area contributed by atoms with Crippen LogP contribution in [-0.2, 0) is 16.1 Å². The Morgan fingerprint density at radius 2 is 1.85 bits per heavy atom. The van der Waals surface area contributed by atoms with Crippen molar-refractivity contribution in [3.63, 3.8) is 0 Å². The van der Waals surface area contributed by atoms with Crippen LogP contribution in [0.2, 0.25) is 5.02 Å². The second kappa shape index (κ2) is 9.27. The van der Waals surface area contributed by atoms with Crippen LogP contribution >= 0.6 is 22.9 Å². The van der Waals surface area contributed by atoms with Gasteiger partial charge in [0, 0.05) is 27.9 Å². The van der Waals surface area contributed by atoms with E-state index in [1.165, 1.54) is 11.3 Å². The first kappa shape index (κ1) is 19.0. The third kappa shape index (κ3) is 5.62. The fourth-order valence-corrected chi connectivity index (χ4v) is 2.94. The summed E-state index contributed by atoms with van der Waals surface area (Å²) in [5.41, 5.74) is 1.87. The van der Waals surface area contributed by atoms with E-state index in [2.05, 4.69) is 15.6 Å². The molecule has 0 radical (unpaired) electrons. The molecule has 0 aliphatic carbocycles. The highest BCUT2D eigenvalue weighted by Crippen LogP contribution is 2.16. The highest BCUT2D eigenvalue weighted by molar-refractivity contribution is 7.13. The molecule has 0 saturated carbocycles. The zero-order valence-corrected chi connectivity index (χ0v) is 15.7. The van der Waals surface area contributed by atoms with Crippen LogP contribution in [0.15, 0.2) is 60.1 Å². The van der Waals surface area contributed by atoms with E-state index in [1.807, 2.05) is 18.2 Å². The van der Waals surface area contributed by atoms with Crippen molar-refractivity contribution in [2.45, 2.75) is 6.61 Å². The molecule has 1 aromatic heterocycles. The van der Waals surface area contributed by atoms with Crippen LogP contribution in [0.1, 0.15) is 15.9 Å². The zero-order chi connectivity index (χ0) is 19.1. The average molecular weight is 402 g/mol. The first-order valence-corrected chi connectivity index (χ1v) is 9.29. The number of nitrogens with zero attached hydrogens (tertiary/aromatic N) is 1. The van der Waals surface area contributed by atoms with E-state index in [0.717, 1.165) is 5.56 Å². The molecule has 138 valence electrons. The number of aromatic nitrogens is 1. The summed E-state index contributed by atoms with van der Waals surface area (Å²) in [4.78, 5) is 28.1. The number of benzene rings is 2. The van der Waals surface area contributed by atoms with E-state index in [4.69, 9.17) is 16.3 Å². The van der Waals surface area contributed by atoms with E-state index in [-0.39, 0.29) is 25.0 Å². The van der Waals surface area contributed by atoms with Gasteiger partial charge >= 0.3 is 0 Å². The van der Waals surface area contributed by atoms with Gasteiger partial charge in [0.15, 0.2) is 5.13 Å². The van der Waals surface area contributed by atoms with Crippen molar-refractivity contribution in [1.82, 2.24) is 4.98 Å². The summed E-state index contributed by atoms with van der Waals surface area (Å²) in [6.07, 6.45) is 1.62. The van der Waals surface area contributed by atoms with Crippen LogP contribution in [0.25, 0.3) is 0 Å². The molecule has 2 amide bonds. The van der Waals surface area contributed by atoms with Crippen molar-refractivity contribution in [2.75, 3.05) is 17.2 Å². The summed E-state index contributed by atoms with van der Waals surface area (Å²) in [6, 6.07) is 13.9. The van der Waals surface area contributed by atoms with Gasteiger partial charge in [-0.25, -0.2) is 4.98 Å². The number of anilines is 2. The van der Waals surface area contributed by atoms with Gasteiger partial charge in [0.1, 0.15) is 6.61 Å². The Balaban J connectivity index is 1.47. The first-order valence-electron chi connectivity index (χ1n) is 8.04. The molecule has 0 unspecified atom stereocenters. The van der Waals surface area contributed by atoms with Crippen LogP contribution in [0.3, 0.4) is 0 Å². The molecule has 0 spiro atoms. The SMILES string of the molecule is O=C(COCc1ccccc1Cl)Nc1ccc(C(=O)Nc2nccs2)cc1. The van der Waals surface area contributed by atoms with Crippen molar-refractivity contribution in [3.05, 3.63) is 76.3 Å². The van der Waals surface area contributed by atoms with Gasteiger partial charge in [0.2, 0.25) is 5.91 Å². The molecule has 2 N–H and O–H groups in total. The van der Waals surface area contributed by atoms with Gasteiger partial charge in [-0.1, -0.05) is 29.8 Å². The van der Waals surface area contributed by atoms with Crippen molar-refractivity contribution in [2.24, 2.45) is 0 Å². The van der Waals surface area contributed by atoms with E-state index in [9.17, 15) is 9.59 Å². The summed E-state index contributed by atoms with van der Waals surface area (Å²) in [5.74, 6) is -0.548. The number of hydrogen-bond donors (Lipinski definition) is 2. The summed E-state index contributed by atoms with van der Waals surface area (Å²) < 4.78 is 5.39. The number of halogens is 1. The van der Waals surface area contributed by atoms with Crippen molar-refractivity contribution < 1.29 is 14.3 Å². The van der Waals surface area contributed by atoms with Gasteiger partial charge in [0.05, 0.1) is 6.61 Å². The molecule has 0 bridgehead atoms. The smallest absolute Gasteiger partial charge is 0.257 e. The summed E-state index contributed by atoms with van der Waals surface area (Å²) in [6.45, 7) is 0.153. The third-order valence-electron chi connectivity index (χ3n) is 3.53. The van der Waals surface area contributed by atoms with E-state index in [0.29, 0.717) is 21.4 Å². The maximum Gasteiger partial charge on any atom is 0.257 e. The Morgan fingerprint density at radius 3 is 2.56 bits per heavy atom. The molecule has 3 rings (SSSR count). The number of nitrogens with one attached hydrogen (secondary N) is 2. The molecule has 8 heteroatoms. The molecule has 6 nitrogen and oxygen atoms in total. The van der Waals surface area contributed by atoms with Gasteiger partial charge < -0.3 is 10.1 Å². The Hall–Kier alpha value is -2.74. The molecular formula is C19H16ClN3O3S. The minimum atomic E-state index is -0.290. The van der Waals surface area contributed by atoms with Crippen LogP contribution in [0.4, 0.5) is 10.8 Å². The van der Waals surface area contributed by atoms with Crippen LogP contribution in [0.5, 0.6) is 0 Å². The average Bonchev–Trinajstić information content (AvgIpc) is 3.17. The van der Waals surface area contributed by atoms with Gasteiger partial charge in [0.25, 0.3) is 5.91 Å². The number of amides is 2. The van der Waals surface area contributed by atoms with Gasteiger partial charge in [-0.05, 0) is 35.9 Å². The number of ether oxygens (including phenoxy) is 1. The minimum Gasteiger partial charge on any atom is -0.367 e. The molecule has 0 fully saturated rings. The highest BCUT2D eigenvalue weighted by atomic mass is 35.5. The molecule has 0 aliphatic rings. The molecular weight excluding hydrogens is 386 g/mol. The number of carbonyl (C=O) groups is 2. The Bertz CT molecular complexity index is 914. The minimum absolute atomic E-state index is 0.0997. The summed E-state index contributed by atoms with van der Waals surface area (Å²) in [7, 11) is 0. The first-order chi connectivity index (χ1) is 13.1. The number of carbonyl (C=O) groups excluding carboxylic acids is 2. The molecule has 0 aliphatic heterocycles. The van der Waals surface area contributed by atoms with Crippen LogP contribution in [0, 0.1) is 0 Å². The molecule has 2 aromatic carbocycles. The summed E-state index contributed by atoms with van der Waals surface area (Å²) >= 11 is 7.38. The normalized spacial score (nSPS) is 10.4. The van der Waals surface area contributed by atoms with Crippen LogP contribution in [-0.4, -0.2) is 23.4 Å². The number of thiazole rings is 1. The van der Waals surface area contributed by atoms with E-state index in [1.54, 1.807) is 41.9 Å². The second-order valence-corrected chi connectivity index (χ2v) is 6.80. The number of hydrogen-bond acceptors (Lipinski definition) is 5. The van der Waals surface area contributed by atoms with Crippen molar-refractivity contribution in [3.8, 4) is 0 Å². The van der Waals surface area contributed by atoms with E-state index >= 15 is 0 Å². The molecule has 0 saturated heterocycles. The standard InChI is InChI=1S/C19H16ClN3O3S/c20-16-4-2-1-3-14(16)11-26-12-17(24)22-15-7-5-13(6-8-15)18(25)23-19-21-9-10-27-19/h1-10H,11-12H2,(H,22,24)(H,21,23,25). The van der Waals surface area contributed by atoms with Gasteiger partial charge in [-0.3, -0.25) is 14.9 Å². The molecule has 0 atom stereocenters. The maximum absolute atomic E-state index is 12.1. The predicted octanol–water partition coefficient (Wildman–Crippen LogP) is 4.20. The van der Waals surface area contributed by atoms with Gasteiger partial charge in [-0.15, -0.1) is 11.3 Å². The lowest BCUT2D eigenvalue weighted by Crippen LogP contribution is -2.18. The largest absolute Gasteiger partial charge is 0.367 e. The summed E-state index contributed by atoms with van der Waals surface area (Å²) in [5, 5.41) is 8.33. The number of rotatable bonds is 7. The lowest BCUT2D eigenvalue weighted by molar-refractivity contribution is -0.121. The monoisotopic (exact) mass is 401 g/mol. The molecule has 1 heterocycles. The Labute approximate surface area is 165 Å². The molecule has 3 aromatic rings. The van der Waals surface area contributed by atoms with Crippen molar-refractivity contribution in [1.29, 1.82) is 0 Å². The lowest BCUT2D eigenvalue weighted by Gasteiger charge is -2.08. The fourth-order valence-electron chi connectivity index (χ4n) is 2.23. The second-order valence-electron chi connectivity index (χ2n) is 5.50. The van der Waals surface area contributed by atoms with Crippen molar-refractivity contribution >= 4 is 45.6 Å². The third-order valence-corrected chi connectivity index (χ3v) is 4.59. The van der Waals surface area contributed by atoms with Gasteiger partial charge in [-0.2, -0.15) is 0 Å². The Morgan fingerprint density at radius 1 is 1.07 bits per heavy atom. The maximum atomic E-state index is 12.1. The zero-order valence-electron chi connectivity index (χ0n) is 14.1. The van der Waals surface area contributed by atoms with E-state index < -0.39 is 0 Å². The topological polar surface area (TPSA) is 80.3 Å². The van der Waals surface area contributed by atoms with Crippen LogP contribution < -0.4 is 10.6 Å². The molecule has 27 heavy (non-hydrogen) atoms. The fraction of sp³-hybridized carbons (Fsp3) is 0.105. The highest BCUT2D eigenvalue weighted by Gasteiger charge is 2.09. The quantitative estimate of drug-likeness (QED) is 0.621. The lowest BCUT2D eigenvalue weighted by atomic mass is 10.2. The Kier molecular flexibility index (Phi) is 6.54.